The number of nitrogens with zero attached hydrogens (tertiary/aromatic N) is 2. The lowest BCUT2D eigenvalue weighted by Crippen LogP contribution is -2.32. The summed E-state index contributed by atoms with van der Waals surface area (Å²) in [6.07, 6.45) is 3.90. The number of carbonyl (C=O) groups is 1. The number of benzene rings is 1. The summed E-state index contributed by atoms with van der Waals surface area (Å²) >= 11 is 0. The van der Waals surface area contributed by atoms with Crippen LogP contribution >= 0.6 is 0 Å². The van der Waals surface area contributed by atoms with Crippen molar-refractivity contribution in [3.8, 4) is 11.8 Å². The first-order valence-corrected chi connectivity index (χ1v) is 7.34. The molecule has 6 nitrogen and oxygen atoms in total. The Morgan fingerprint density at radius 3 is 2.83 bits per heavy atom. The highest BCUT2D eigenvalue weighted by Gasteiger charge is 2.28. The van der Waals surface area contributed by atoms with Crippen molar-refractivity contribution in [2.45, 2.75) is 19.4 Å². The van der Waals surface area contributed by atoms with E-state index in [2.05, 4.69) is 11.4 Å². The summed E-state index contributed by atoms with van der Waals surface area (Å²) in [6.45, 7) is 3.76. The molecule has 3 rings (SSSR count). The Hall–Kier alpha value is -3.33. The van der Waals surface area contributed by atoms with Crippen molar-refractivity contribution in [1.82, 2.24) is 4.57 Å². The van der Waals surface area contributed by atoms with Crippen LogP contribution in [0.1, 0.15) is 25.0 Å². The molecule has 1 amide bonds. The number of pyridine rings is 1. The Balaban J connectivity index is 2.26. The van der Waals surface area contributed by atoms with Gasteiger partial charge in [-0.1, -0.05) is 0 Å². The molecule has 1 aliphatic rings. The molecule has 0 bridgehead atoms. The van der Waals surface area contributed by atoms with Gasteiger partial charge in [-0.3, -0.25) is 14.2 Å². The van der Waals surface area contributed by atoms with Crippen LogP contribution in [0.25, 0.3) is 5.70 Å². The molecule has 1 N–H and O–H groups in total. The second-order valence-electron chi connectivity index (χ2n) is 5.92. The first-order chi connectivity index (χ1) is 11.4. The van der Waals surface area contributed by atoms with Gasteiger partial charge in [-0.2, -0.15) is 5.26 Å². The van der Waals surface area contributed by atoms with Gasteiger partial charge in [0.15, 0.2) is 0 Å². The average Bonchev–Trinajstić information content (AvgIpc) is 2.55. The maximum absolute atomic E-state index is 12.6. The van der Waals surface area contributed by atoms with Gasteiger partial charge < -0.3 is 10.1 Å². The summed E-state index contributed by atoms with van der Waals surface area (Å²) in [5, 5.41) is 11.5. The highest BCUT2D eigenvalue weighted by atomic mass is 16.5. The fraction of sp³-hybridized carbons (Fsp3) is 0.167. The Bertz CT molecular complexity index is 949. The van der Waals surface area contributed by atoms with Crippen molar-refractivity contribution in [1.29, 1.82) is 5.26 Å². The predicted octanol–water partition coefficient (Wildman–Crippen LogP) is 2.35. The number of ether oxygens (including phenoxy) is 1. The lowest BCUT2D eigenvalue weighted by molar-refractivity contribution is -0.105. The Morgan fingerprint density at radius 2 is 2.12 bits per heavy atom. The molecule has 0 aliphatic carbocycles. The minimum Gasteiger partial charge on any atom is -0.483 e. The van der Waals surface area contributed by atoms with Crippen molar-refractivity contribution >= 4 is 17.8 Å². The van der Waals surface area contributed by atoms with E-state index in [1.165, 1.54) is 10.6 Å². The topological polar surface area (TPSA) is 84.1 Å². The largest absolute Gasteiger partial charge is 0.483 e. The van der Waals surface area contributed by atoms with Crippen LogP contribution in [0.4, 0.5) is 5.69 Å². The lowest BCUT2D eigenvalue weighted by atomic mass is 9.97. The number of nitrogens with one attached hydrogen (secondary N) is 1. The summed E-state index contributed by atoms with van der Waals surface area (Å²) in [5.41, 5.74) is 0.927. The number of amides is 1. The SMILES string of the molecule is CC1(C)C=C(n2cccc(NC=O)c2=O)c2cc(C#N)ccc2O1. The first kappa shape index (κ1) is 15.6. The normalized spacial score (nSPS) is 14.6. The molecule has 0 unspecified atom stereocenters. The summed E-state index contributed by atoms with van der Waals surface area (Å²) in [5.74, 6) is 0.595. The zero-order valence-electron chi connectivity index (χ0n) is 13.2. The van der Waals surface area contributed by atoms with Crippen molar-refractivity contribution in [2.24, 2.45) is 0 Å². The van der Waals surface area contributed by atoms with Gasteiger partial charge >= 0.3 is 0 Å². The van der Waals surface area contributed by atoms with Crippen LogP contribution in [0, 0.1) is 11.3 Å². The van der Waals surface area contributed by atoms with Gasteiger partial charge in [-0.15, -0.1) is 0 Å². The molecule has 0 fully saturated rings. The van der Waals surface area contributed by atoms with Gasteiger partial charge in [0.25, 0.3) is 5.56 Å². The standard InChI is InChI=1S/C18H15N3O3/c1-18(2)9-15(13-8-12(10-19)5-6-16(13)24-18)21-7-3-4-14(17(21)23)20-11-22/h3-9,11H,1-2H3,(H,20,22). The molecular weight excluding hydrogens is 306 g/mol. The Labute approximate surface area is 138 Å². The van der Waals surface area contributed by atoms with E-state index in [9.17, 15) is 9.59 Å². The highest BCUT2D eigenvalue weighted by molar-refractivity contribution is 5.76. The predicted molar refractivity (Wildman–Crippen MR) is 89.6 cm³/mol. The smallest absolute Gasteiger partial charge is 0.278 e. The van der Waals surface area contributed by atoms with Crippen molar-refractivity contribution < 1.29 is 9.53 Å². The van der Waals surface area contributed by atoms with E-state index < -0.39 is 5.60 Å². The Morgan fingerprint density at radius 1 is 1.33 bits per heavy atom. The number of carbonyl (C=O) groups excluding carboxylic acids is 1. The highest BCUT2D eigenvalue weighted by Crippen LogP contribution is 2.36. The maximum atomic E-state index is 12.6. The van der Waals surface area contributed by atoms with Crippen molar-refractivity contribution in [2.75, 3.05) is 5.32 Å². The number of hydrogen-bond acceptors (Lipinski definition) is 4. The van der Waals surface area contributed by atoms with Crippen LogP contribution in [-0.2, 0) is 4.79 Å². The van der Waals surface area contributed by atoms with Crippen molar-refractivity contribution in [3.63, 3.8) is 0 Å². The third-order valence-corrected chi connectivity index (χ3v) is 3.66. The molecule has 6 heteroatoms. The van der Waals surface area contributed by atoms with Crippen LogP contribution < -0.4 is 15.6 Å². The summed E-state index contributed by atoms with van der Waals surface area (Å²) < 4.78 is 7.36. The quantitative estimate of drug-likeness (QED) is 0.880. The van der Waals surface area contributed by atoms with Crippen LogP contribution in [0.15, 0.2) is 47.4 Å². The van der Waals surface area contributed by atoms with Crippen LogP contribution in [-0.4, -0.2) is 16.6 Å². The van der Waals surface area contributed by atoms with E-state index in [0.29, 0.717) is 29.0 Å². The third-order valence-electron chi connectivity index (χ3n) is 3.66. The molecule has 1 aliphatic heterocycles. The van der Waals surface area contributed by atoms with Crippen LogP contribution in [0.3, 0.4) is 0 Å². The summed E-state index contributed by atoms with van der Waals surface area (Å²) in [6, 6.07) is 10.4. The molecule has 0 saturated heterocycles. The zero-order chi connectivity index (χ0) is 17.3. The summed E-state index contributed by atoms with van der Waals surface area (Å²) in [4.78, 5) is 23.3. The van der Waals surface area contributed by atoms with Crippen molar-refractivity contribution in [3.05, 3.63) is 64.1 Å². The maximum Gasteiger partial charge on any atom is 0.278 e. The second kappa shape index (κ2) is 5.70. The molecule has 0 atom stereocenters. The van der Waals surface area contributed by atoms with Crippen LogP contribution in [0.5, 0.6) is 5.75 Å². The molecule has 120 valence electrons. The fourth-order valence-electron chi connectivity index (χ4n) is 2.66. The van der Waals surface area contributed by atoms with Gasteiger partial charge in [0.1, 0.15) is 17.0 Å². The van der Waals surface area contributed by atoms with E-state index in [1.54, 1.807) is 30.5 Å². The number of fused-ring (bicyclic) bond motifs is 1. The number of aromatic nitrogens is 1. The average molecular weight is 321 g/mol. The number of nitriles is 1. The monoisotopic (exact) mass is 321 g/mol. The van der Waals surface area contributed by atoms with Gasteiger partial charge in [-0.25, -0.2) is 0 Å². The van der Waals surface area contributed by atoms with Gasteiger partial charge in [0.2, 0.25) is 6.41 Å². The lowest BCUT2D eigenvalue weighted by Gasteiger charge is -2.31. The van der Waals surface area contributed by atoms with E-state index in [1.807, 2.05) is 19.9 Å². The molecule has 2 heterocycles. The number of rotatable bonds is 3. The number of hydrogen-bond donors (Lipinski definition) is 1. The van der Waals surface area contributed by atoms with Gasteiger partial charge in [-0.05, 0) is 50.3 Å². The molecule has 1 aromatic carbocycles. The first-order valence-electron chi connectivity index (χ1n) is 7.34. The third kappa shape index (κ3) is 2.68. The molecule has 0 spiro atoms. The number of anilines is 1. The van der Waals surface area contributed by atoms with Crippen LogP contribution in [0.2, 0.25) is 0 Å². The molecule has 0 saturated carbocycles. The zero-order valence-corrected chi connectivity index (χ0v) is 13.2. The molecule has 1 aromatic heterocycles. The minimum atomic E-state index is -0.621. The summed E-state index contributed by atoms with van der Waals surface area (Å²) in [7, 11) is 0. The minimum absolute atomic E-state index is 0.177. The van der Waals surface area contributed by atoms with Gasteiger partial charge in [0, 0.05) is 11.8 Å². The fourth-order valence-corrected chi connectivity index (χ4v) is 2.66. The second-order valence-corrected chi connectivity index (χ2v) is 5.92. The molecule has 0 radical (unpaired) electrons. The molecule has 2 aromatic rings. The van der Waals surface area contributed by atoms with E-state index in [4.69, 9.17) is 10.00 Å². The Kier molecular flexibility index (Phi) is 3.70. The van der Waals surface area contributed by atoms with Gasteiger partial charge in [0.05, 0.1) is 17.3 Å². The van der Waals surface area contributed by atoms with E-state index in [-0.39, 0.29) is 11.2 Å². The molecular formula is C18H15N3O3. The van der Waals surface area contributed by atoms with E-state index >= 15 is 0 Å². The molecule has 24 heavy (non-hydrogen) atoms. The van der Waals surface area contributed by atoms with E-state index in [0.717, 1.165) is 0 Å².